The van der Waals surface area contributed by atoms with Crippen LogP contribution in [0.4, 0.5) is 5.82 Å². The lowest BCUT2D eigenvalue weighted by Crippen LogP contribution is -2.30. The van der Waals surface area contributed by atoms with E-state index in [1.807, 2.05) is 30.3 Å². The monoisotopic (exact) mass is 434 g/mol. The highest BCUT2D eigenvalue weighted by Gasteiger charge is 2.47. The molecular weight excluding hydrogens is 420 g/mol. The highest BCUT2D eigenvalue weighted by atomic mass is 79.9. The summed E-state index contributed by atoms with van der Waals surface area (Å²) in [6, 6.07) is 20.4. The average Bonchev–Trinajstić information content (AvgIpc) is 3.00. The van der Waals surface area contributed by atoms with Gasteiger partial charge in [0.15, 0.2) is 0 Å². The number of nitrogens with zero attached hydrogens (tertiary/aromatic N) is 2. The molecule has 6 heteroatoms. The van der Waals surface area contributed by atoms with Crippen molar-refractivity contribution in [3.63, 3.8) is 0 Å². The Bertz CT molecular complexity index is 1060. The normalized spacial score (nSPS) is 18.5. The van der Waals surface area contributed by atoms with Crippen LogP contribution in [0, 0.1) is 0 Å². The topological polar surface area (TPSA) is 70.5 Å². The molecule has 0 spiro atoms. The van der Waals surface area contributed by atoms with Crippen molar-refractivity contribution in [2.75, 3.05) is 4.90 Å². The first-order valence-electron chi connectivity index (χ1n) is 8.61. The summed E-state index contributed by atoms with van der Waals surface area (Å²) in [5.74, 6) is -1.31. The zero-order chi connectivity index (χ0) is 19.7. The van der Waals surface area contributed by atoms with Crippen LogP contribution in [0.15, 0.2) is 89.0 Å². The third kappa shape index (κ3) is 3.12. The fraction of sp³-hybridized carbons (Fsp3) is 0.0455. The van der Waals surface area contributed by atoms with Gasteiger partial charge in [-0.25, -0.2) is 4.98 Å². The van der Waals surface area contributed by atoms with Gasteiger partial charge >= 0.3 is 5.91 Å². The molecule has 1 amide bonds. The Balaban J connectivity index is 1.95. The molecule has 1 atom stereocenters. The lowest BCUT2D eigenvalue weighted by Gasteiger charge is -2.24. The molecule has 4 rings (SSSR count). The minimum absolute atomic E-state index is 0.0455. The summed E-state index contributed by atoms with van der Waals surface area (Å²) in [6.45, 7) is 0. The third-order valence-electron chi connectivity index (χ3n) is 4.57. The van der Waals surface area contributed by atoms with E-state index < -0.39 is 17.7 Å². The van der Waals surface area contributed by atoms with Crippen LogP contribution in [-0.2, 0) is 9.59 Å². The Hall–Kier alpha value is -3.25. The van der Waals surface area contributed by atoms with E-state index in [0.717, 1.165) is 4.47 Å². The van der Waals surface area contributed by atoms with Gasteiger partial charge in [-0.2, -0.15) is 0 Å². The standard InChI is InChI=1S/C22H15BrN2O3/c23-16-11-9-14(10-12-16)19-18(20(26)15-6-2-1-3-7-15)21(27)22(28)25(19)17-8-4-5-13-24-17/h1-13,19,26H/b20-18+/t19-/m0/s1. The molecule has 1 aliphatic heterocycles. The lowest BCUT2D eigenvalue weighted by molar-refractivity contribution is -0.132. The van der Waals surface area contributed by atoms with Crippen LogP contribution in [0.25, 0.3) is 5.76 Å². The molecular formula is C22H15BrN2O3. The number of amides is 1. The molecule has 1 aromatic heterocycles. The molecule has 5 nitrogen and oxygen atoms in total. The predicted octanol–water partition coefficient (Wildman–Crippen LogP) is 4.47. The maximum Gasteiger partial charge on any atom is 0.301 e. The van der Waals surface area contributed by atoms with Crippen LogP contribution in [0.1, 0.15) is 17.2 Å². The van der Waals surface area contributed by atoms with Gasteiger partial charge in [0.1, 0.15) is 11.6 Å². The summed E-state index contributed by atoms with van der Waals surface area (Å²) in [5, 5.41) is 10.9. The van der Waals surface area contributed by atoms with Crippen molar-refractivity contribution >= 4 is 39.2 Å². The molecule has 0 aliphatic carbocycles. The minimum Gasteiger partial charge on any atom is -0.507 e. The quantitative estimate of drug-likeness (QED) is 0.375. The SMILES string of the molecule is O=C1C(=O)N(c2ccccn2)[C@@H](c2ccc(Br)cc2)/C1=C(\O)c1ccccc1. The Morgan fingerprint density at radius 3 is 2.25 bits per heavy atom. The smallest absolute Gasteiger partial charge is 0.301 e. The number of carbonyl (C=O) groups excluding carboxylic acids is 2. The van der Waals surface area contributed by atoms with E-state index in [0.29, 0.717) is 16.9 Å². The zero-order valence-electron chi connectivity index (χ0n) is 14.6. The number of aliphatic hydroxyl groups excluding tert-OH is 1. The van der Waals surface area contributed by atoms with E-state index in [2.05, 4.69) is 20.9 Å². The molecule has 0 radical (unpaired) electrons. The van der Waals surface area contributed by atoms with Gasteiger partial charge in [0.05, 0.1) is 11.6 Å². The van der Waals surface area contributed by atoms with Gasteiger partial charge < -0.3 is 5.11 Å². The van der Waals surface area contributed by atoms with Crippen LogP contribution in [0.3, 0.4) is 0 Å². The number of halogens is 1. The predicted molar refractivity (Wildman–Crippen MR) is 110 cm³/mol. The molecule has 1 N–H and O–H groups in total. The number of anilines is 1. The molecule has 1 saturated heterocycles. The van der Waals surface area contributed by atoms with Gasteiger partial charge in [-0.05, 0) is 29.8 Å². The number of pyridine rings is 1. The van der Waals surface area contributed by atoms with Crippen molar-refractivity contribution in [1.29, 1.82) is 0 Å². The van der Waals surface area contributed by atoms with Crippen LogP contribution >= 0.6 is 15.9 Å². The van der Waals surface area contributed by atoms with Crippen LogP contribution in [0.5, 0.6) is 0 Å². The van der Waals surface area contributed by atoms with E-state index in [9.17, 15) is 14.7 Å². The summed E-state index contributed by atoms with van der Waals surface area (Å²) < 4.78 is 0.870. The molecule has 28 heavy (non-hydrogen) atoms. The van der Waals surface area contributed by atoms with Gasteiger partial charge in [-0.15, -0.1) is 0 Å². The van der Waals surface area contributed by atoms with Crippen LogP contribution in [0.2, 0.25) is 0 Å². The second-order valence-electron chi connectivity index (χ2n) is 6.27. The highest BCUT2D eigenvalue weighted by Crippen LogP contribution is 2.41. The number of Topliss-reactive ketones (excluding diaryl/α,β-unsaturated/α-hetero) is 1. The first-order chi connectivity index (χ1) is 13.6. The van der Waals surface area contributed by atoms with Crippen molar-refractivity contribution in [3.05, 3.63) is 100 Å². The Kier molecular flexibility index (Phi) is 4.79. The third-order valence-corrected chi connectivity index (χ3v) is 5.10. The Morgan fingerprint density at radius 2 is 1.61 bits per heavy atom. The van der Waals surface area contributed by atoms with E-state index in [4.69, 9.17) is 0 Å². The number of benzene rings is 2. The number of aliphatic hydroxyl groups is 1. The van der Waals surface area contributed by atoms with E-state index in [-0.39, 0.29) is 11.3 Å². The maximum absolute atomic E-state index is 12.9. The van der Waals surface area contributed by atoms with E-state index >= 15 is 0 Å². The summed E-state index contributed by atoms with van der Waals surface area (Å²) in [5.41, 5.74) is 1.22. The van der Waals surface area contributed by atoms with Crippen LogP contribution in [-0.4, -0.2) is 21.8 Å². The van der Waals surface area contributed by atoms with Gasteiger partial charge in [-0.1, -0.05) is 64.5 Å². The molecule has 138 valence electrons. The molecule has 3 aromatic rings. The fourth-order valence-electron chi connectivity index (χ4n) is 3.28. The minimum atomic E-state index is -0.775. The number of hydrogen-bond acceptors (Lipinski definition) is 4. The van der Waals surface area contributed by atoms with Crippen molar-refractivity contribution in [2.24, 2.45) is 0 Å². The molecule has 2 aromatic carbocycles. The second kappa shape index (κ2) is 7.40. The number of aromatic nitrogens is 1. The van der Waals surface area contributed by atoms with E-state index in [1.54, 1.807) is 48.7 Å². The lowest BCUT2D eigenvalue weighted by atomic mass is 9.95. The molecule has 1 fully saturated rings. The van der Waals surface area contributed by atoms with Crippen molar-refractivity contribution in [2.45, 2.75) is 6.04 Å². The summed E-state index contributed by atoms with van der Waals surface area (Å²) in [4.78, 5) is 31.4. The fourth-order valence-corrected chi connectivity index (χ4v) is 3.54. The zero-order valence-corrected chi connectivity index (χ0v) is 16.2. The van der Waals surface area contributed by atoms with Crippen LogP contribution < -0.4 is 4.90 Å². The molecule has 0 unspecified atom stereocenters. The first-order valence-corrected chi connectivity index (χ1v) is 9.40. The molecule has 2 heterocycles. The van der Waals surface area contributed by atoms with Gasteiger partial charge in [0.25, 0.3) is 5.78 Å². The van der Waals surface area contributed by atoms with Gasteiger partial charge in [-0.3, -0.25) is 14.5 Å². The van der Waals surface area contributed by atoms with E-state index in [1.165, 1.54) is 4.90 Å². The molecule has 0 saturated carbocycles. The number of carbonyl (C=O) groups is 2. The number of hydrogen-bond donors (Lipinski definition) is 1. The van der Waals surface area contributed by atoms with Gasteiger partial charge in [0, 0.05) is 16.2 Å². The summed E-state index contributed by atoms with van der Waals surface area (Å²) in [6.07, 6.45) is 1.56. The summed E-state index contributed by atoms with van der Waals surface area (Å²) >= 11 is 3.40. The number of rotatable bonds is 3. The van der Waals surface area contributed by atoms with Gasteiger partial charge in [0.2, 0.25) is 0 Å². The first kappa shape index (κ1) is 18.1. The summed E-state index contributed by atoms with van der Waals surface area (Å²) in [7, 11) is 0. The highest BCUT2D eigenvalue weighted by molar-refractivity contribution is 9.10. The maximum atomic E-state index is 12.9. The number of ketones is 1. The Morgan fingerprint density at radius 1 is 0.929 bits per heavy atom. The molecule has 1 aliphatic rings. The van der Waals surface area contributed by atoms with Crippen molar-refractivity contribution < 1.29 is 14.7 Å². The largest absolute Gasteiger partial charge is 0.507 e. The second-order valence-corrected chi connectivity index (χ2v) is 7.19. The molecule has 0 bridgehead atoms. The average molecular weight is 435 g/mol. The van der Waals surface area contributed by atoms with Crippen molar-refractivity contribution in [3.8, 4) is 0 Å². The van der Waals surface area contributed by atoms with Crippen molar-refractivity contribution in [1.82, 2.24) is 4.98 Å². The Labute approximate surface area is 170 Å².